The third-order valence-electron chi connectivity index (χ3n) is 3.54. The number of alkyl halides is 6. The predicted molar refractivity (Wildman–Crippen MR) is 75.0 cm³/mol. The molecular formula is C17H9Cl3F6Hf. The van der Waals surface area contributed by atoms with Crippen LogP contribution in [0.3, 0.4) is 0 Å². The molecule has 0 heterocycles. The van der Waals surface area contributed by atoms with Crippen molar-refractivity contribution in [3.05, 3.63) is 65.7 Å². The number of fused-ring (bicyclic) bond motifs is 1. The standard InChI is InChI=1S/C17H9F6.3ClH.Hf/c18-16(19,20)14-7-13(8-15(9-14)17(21,22)23)12-5-10-3-1-2-4-11(10)6-12;;;;/h1-9H;3*1H;/q-1;;;;+4/p-3. The van der Waals surface area contributed by atoms with E-state index >= 15 is 0 Å². The SMILES string of the molecule is FC(F)(F)c1cc(-c2cc3ccccc3[cH-]2)cc(C(F)(F)F)c1.[Cl-].[Cl-].[Cl-].[Hf+4]. The number of hydrogen-bond acceptors (Lipinski definition) is 0. The van der Waals surface area contributed by atoms with Gasteiger partial charge in [0.25, 0.3) is 0 Å². The van der Waals surface area contributed by atoms with Crippen molar-refractivity contribution < 1.29 is 89.4 Å². The number of halogens is 9. The molecular weight excluding hydrogens is 603 g/mol. The Bertz CT molecular complexity index is 806. The molecule has 0 radical (unpaired) electrons. The van der Waals surface area contributed by atoms with Gasteiger partial charge in [0.1, 0.15) is 0 Å². The first-order valence-corrected chi connectivity index (χ1v) is 6.60. The van der Waals surface area contributed by atoms with Gasteiger partial charge in [-0.1, -0.05) is 35.9 Å². The molecule has 0 aliphatic rings. The Morgan fingerprint density at radius 1 is 0.667 bits per heavy atom. The second kappa shape index (κ2) is 10.2. The van der Waals surface area contributed by atoms with E-state index in [1.807, 2.05) is 0 Å². The van der Waals surface area contributed by atoms with E-state index in [9.17, 15) is 26.3 Å². The third-order valence-corrected chi connectivity index (χ3v) is 3.54. The third kappa shape index (κ3) is 6.44. The number of benzene rings is 2. The van der Waals surface area contributed by atoms with Crippen molar-refractivity contribution in [1.29, 1.82) is 0 Å². The fourth-order valence-electron chi connectivity index (χ4n) is 2.44. The van der Waals surface area contributed by atoms with Crippen molar-refractivity contribution in [3.63, 3.8) is 0 Å². The maximum Gasteiger partial charge on any atom is 4.00 e. The van der Waals surface area contributed by atoms with E-state index in [2.05, 4.69) is 0 Å². The van der Waals surface area contributed by atoms with Crippen molar-refractivity contribution in [2.45, 2.75) is 12.4 Å². The van der Waals surface area contributed by atoms with Crippen LogP contribution in [0.4, 0.5) is 26.3 Å². The molecule has 0 saturated carbocycles. The van der Waals surface area contributed by atoms with Gasteiger partial charge in [-0.05, 0) is 6.07 Å². The summed E-state index contributed by atoms with van der Waals surface area (Å²) in [4.78, 5) is 0. The average Bonchev–Trinajstić information content (AvgIpc) is 2.89. The van der Waals surface area contributed by atoms with Crippen molar-refractivity contribution in [2.24, 2.45) is 0 Å². The molecule has 0 bridgehead atoms. The summed E-state index contributed by atoms with van der Waals surface area (Å²) in [5, 5.41) is 1.52. The molecule has 0 fully saturated rings. The predicted octanol–water partition coefficient (Wildman–Crippen LogP) is -2.73. The monoisotopic (exact) mass is 612 g/mol. The van der Waals surface area contributed by atoms with Gasteiger partial charge in [-0.3, -0.25) is 0 Å². The zero-order chi connectivity index (χ0) is 16.8. The van der Waals surface area contributed by atoms with E-state index in [0.29, 0.717) is 5.56 Å². The van der Waals surface area contributed by atoms with Crippen LogP contribution < -0.4 is 37.2 Å². The fourth-order valence-corrected chi connectivity index (χ4v) is 2.44. The molecule has 3 aromatic carbocycles. The first-order chi connectivity index (χ1) is 10.6. The minimum absolute atomic E-state index is 0. The molecule has 144 valence electrons. The quantitative estimate of drug-likeness (QED) is 0.159. The summed E-state index contributed by atoms with van der Waals surface area (Å²) in [6.45, 7) is 0. The topological polar surface area (TPSA) is 0 Å². The summed E-state index contributed by atoms with van der Waals surface area (Å²) in [6.07, 6.45) is -9.69. The fraction of sp³-hybridized carbons (Fsp3) is 0.118. The molecule has 0 amide bonds. The van der Waals surface area contributed by atoms with Gasteiger partial charge < -0.3 is 37.2 Å². The Kier molecular flexibility index (Phi) is 10.8. The van der Waals surface area contributed by atoms with Gasteiger partial charge >= 0.3 is 38.2 Å². The molecule has 0 aliphatic carbocycles. The maximum absolute atomic E-state index is 12.9. The zero-order valence-electron chi connectivity index (χ0n) is 13.1. The Morgan fingerprint density at radius 3 is 1.59 bits per heavy atom. The van der Waals surface area contributed by atoms with E-state index < -0.39 is 23.5 Å². The van der Waals surface area contributed by atoms with Crippen LogP contribution in [0.25, 0.3) is 21.9 Å². The summed E-state index contributed by atoms with van der Waals surface area (Å²) >= 11 is 0. The van der Waals surface area contributed by atoms with Crippen LogP contribution in [0.1, 0.15) is 11.1 Å². The summed E-state index contributed by atoms with van der Waals surface area (Å²) in [5.74, 6) is 0. The van der Waals surface area contributed by atoms with Crippen LogP contribution in [-0.2, 0) is 38.2 Å². The second-order valence-corrected chi connectivity index (χ2v) is 5.17. The largest absolute Gasteiger partial charge is 4.00 e. The Hall–Kier alpha value is -0.630. The van der Waals surface area contributed by atoms with Gasteiger partial charge in [0.2, 0.25) is 0 Å². The van der Waals surface area contributed by atoms with Gasteiger partial charge in [0.05, 0.1) is 0 Å². The second-order valence-electron chi connectivity index (χ2n) is 5.17. The van der Waals surface area contributed by atoms with Gasteiger partial charge in [-0.15, -0.1) is 34.5 Å². The number of rotatable bonds is 1. The molecule has 0 unspecified atom stereocenters. The van der Waals surface area contributed by atoms with Gasteiger partial charge in [0.15, 0.2) is 0 Å². The molecule has 3 aromatic rings. The van der Waals surface area contributed by atoms with Crippen LogP contribution >= 0.6 is 0 Å². The van der Waals surface area contributed by atoms with Gasteiger partial charge in [-0.2, -0.15) is 26.3 Å². The average molecular weight is 612 g/mol. The summed E-state index contributed by atoms with van der Waals surface area (Å²) < 4.78 is 77.3. The summed E-state index contributed by atoms with van der Waals surface area (Å²) in [5.41, 5.74) is -2.41. The molecule has 27 heavy (non-hydrogen) atoms. The number of hydrogen-bond donors (Lipinski definition) is 0. The maximum atomic E-state index is 12.9. The Labute approximate surface area is 188 Å². The smallest absolute Gasteiger partial charge is 1.00 e. The molecule has 0 aromatic heterocycles. The van der Waals surface area contributed by atoms with Crippen LogP contribution in [0.2, 0.25) is 0 Å². The summed E-state index contributed by atoms with van der Waals surface area (Å²) in [6, 6.07) is 11.8. The van der Waals surface area contributed by atoms with Crippen molar-refractivity contribution >= 4 is 10.8 Å². The molecule has 10 heteroatoms. The van der Waals surface area contributed by atoms with Gasteiger partial charge in [0, 0.05) is 11.1 Å². The summed E-state index contributed by atoms with van der Waals surface area (Å²) in [7, 11) is 0. The Morgan fingerprint density at radius 2 is 1.15 bits per heavy atom. The minimum Gasteiger partial charge on any atom is -1.00 e. The molecule has 3 rings (SSSR count). The normalized spacial score (nSPS) is 10.9. The van der Waals surface area contributed by atoms with E-state index in [1.165, 1.54) is 0 Å². The van der Waals surface area contributed by atoms with E-state index in [-0.39, 0.29) is 74.7 Å². The minimum atomic E-state index is -4.85. The van der Waals surface area contributed by atoms with E-state index in [0.717, 1.165) is 22.9 Å². The Balaban J connectivity index is 0. The molecule has 0 N–H and O–H groups in total. The molecule has 0 saturated heterocycles. The van der Waals surface area contributed by atoms with Crippen LogP contribution in [0.5, 0.6) is 0 Å². The van der Waals surface area contributed by atoms with Gasteiger partial charge in [-0.25, -0.2) is 0 Å². The first kappa shape index (κ1) is 28.6. The van der Waals surface area contributed by atoms with E-state index in [4.69, 9.17) is 0 Å². The molecule has 0 atom stereocenters. The zero-order valence-corrected chi connectivity index (χ0v) is 19.0. The molecule has 0 spiro atoms. The van der Waals surface area contributed by atoms with Crippen LogP contribution in [-0.4, -0.2) is 0 Å². The van der Waals surface area contributed by atoms with Crippen LogP contribution in [0, 0.1) is 0 Å². The first-order valence-electron chi connectivity index (χ1n) is 6.60. The van der Waals surface area contributed by atoms with Crippen molar-refractivity contribution in [3.8, 4) is 11.1 Å². The van der Waals surface area contributed by atoms with E-state index in [1.54, 1.807) is 36.4 Å². The molecule has 0 aliphatic heterocycles. The molecule has 0 nitrogen and oxygen atoms in total. The van der Waals surface area contributed by atoms with Crippen molar-refractivity contribution in [2.75, 3.05) is 0 Å². The van der Waals surface area contributed by atoms with Crippen LogP contribution in [0.15, 0.2) is 54.6 Å². The van der Waals surface area contributed by atoms with Crippen molar-refractivity contribution in [1.82, 2.24) is 0 Å².